The third kappa shape index (κ3) is 2.92. The van der Waals surface area contributed by atoms with Crippen LogP contribution < -0.4 is 5.32 Å². The van der Waals surface area contributed by atoms with Gasteiger partial charge in [-0.1, -0.05) is 11.6 Å². The second kappa shape index (κ2) is 5.85. The average Bonchev–Trinajstić information content (AvgIpc) is 3.03. The zero-order valence-electron chi connectivity index (χ0n) is 14.3. The van der Waals surface area contributed by atoms with Gasteiger partial charge in [-0.15, -0.1) is 0 Å². The summed E-state index contributed by atoms with van der Waals surface area (Å²) < 4.78 is 19.3. The molecular formula is C21H24ClFNO+. The highest BCUT2D eigenvalue weighted by atomic mass is 35.5. The highest BCUT2D eigenvalue weighted by Gasteiger charge is 2.53. The monoisotopic (exact) mass is 360 g/mol. The van der Waals surface area contributed by atoms with E-state index in [1.54, 1.807) is 12.1 Å². The Morgan fingerprint density at radius 2 is 1.72 bits per heavy atom. The van der Waals surface area contributed by atoms with Gasteiger partial charge in [0.2, 0.25) is 0 Å². The minimum Gasteiger partial charge on any atom is -0.455 e. The Morgan fingerprint density at radius 3 is 2.36 bits per heavy atom. The molecule has 0 saturated heterocycles. The minimum absolute atomic E-state index is 0.135. The van der Waals surface area contributed by atoms with E-state index in [1.165, 1.54) is 44.6 Å². The summed E-state index contributed by atoms with van der Waals surface area (Å²) >= 11 is 5.89. The first-order chi connectivity index (χ1) is 12.1. The van der Waals surface area contributed by atoms with Crippen LogP contribution in [0.25, 0.3) is 11.3 Å². The van der Waals surface area contributed by atoms with Crippen LogP contribution in [0.3, 0.4) is 0 Å². The Kier molecular flexibility index (Phi) is 3.72. The number of quaternary nitrogens is 1. The summed E-state index contributed by atoms with van der Waals surface area (Å²) in [5, 5.41) is 2.69. The second-order valence-electron chi connectivity index (χ2n) is 8.58. The molecule has 132 valence electrons. The van der Waals surface area contributed by atoms with Crippen molar-refractivity contribution < 1.29 is 14.1 Å². The number of benzene rings is 1. The zero-order chi connectivity index (χ0) is 17.0. The Bertz CT molecular complexity index is 764. The molecule has 4 bridgehead atoms. The van der Waals surface area contributed by atoms with Crippen molar-refractivity contribution in [3.63, 3.8) is 0 Å². The minimum atomic E-state index is -0.396. The van der Waals surface area contributed by atoms with E-state index in [1.807, 2.05) is 12.1 Å². The van der Waals surface area contributed by atoms with E-state index in [2.05, 4.69) is 5.32 Å². The molecule has 0 atom stereocenters. The van der Waals surface area contributed by atoms with Gasteiger partial charge < -0.3 is 9.73 Å². The predicted octanol–water partition coefficient (Wildman–Crippen LogP) is 4.77. The Labute approximate surface area is 152 Å². The highest BCUT2D eigenvalue weighted by molar-refractivity contribution is 6.31. The van der Waals surface area contributed by atoms with E-state index in [0.717, 1.165) is 41.4 Å². The van der Waals surface area contributed by atoms with Gasteiger partial charge in [0.1, 0.15) is 18.1 Å². The van der Waals surface area contributed by atoms with E-state index >= 15 is 0 Å². The molecule has 0 radical (unpaired) electrons. The van der Waals surface area contributed by atoms with Gasteiger partial charge in [-0.3, -0.25) is 0 Å². The van der Waals surface area contributed by atoms with Crippen molar-refractivity contribution in [2.75, 3.05) is 0 Å². The summed E-state index contributed by atoms with van der Waals surface area (Å²) in [7, 11) is 0. The van der Waals surface area contributed by atoms with Crippen LogP contribution in [-0.2, 0) is 6.54 Å². The summed E-state index contributed by atoms with van der Waals surface area (Å²) in [6.07, 6.45) is 8.59. The van der Waals surface area contributed by atoms with Gasteiger partial charge >= 0.3 is 0 Å². The van der Waals surface area contributed by atoms with Crippen molar-refractivity contribution in [1.82, 2.24) is 0 Å². The number of nitrogens with two attached hydrogens (primary N) is 1. The first kappa shape index (κ1) is 15.9. The molecule has 4 aliphatic carbocycles. The molecule has 4 aliphatic rings. The summed E-state index contributed by atoms with van der Waals surface area (Å²) in [6, 6.07) is 8.74. The molecule has 25 heavy (non-hydrogen) atoms. The van der Waals surface area contributed by atoms with Crippen molar-refractivity contribution in [2.24, 2.45) is 17.8 Å². The lowest BCUT2D eigenvalue weighted by Gasteiger charge is -2.54. The third-order valence-corrected chi connectivity index (χ3v) is 6.98. The van der Waals surface area contributed by atoms with Crippen molar-refractivity contribution in [3.05, 3.63) is 46.9 Å². The molecule has 0 amide bonds. The third-order valence-electron chi connectivity index (χ3n) is 6.69. The smallest absolute Gasteiger partial charge is 0.158 e. The molecule has 0 spiro atoms. The van der Waals surface area contributed by atoms with Crippen molar-refractivity contribution >= 4 is 11.6 Å². The summed E-state index contributed by atoms with van der Waals surface area (Å²) in [5.41, 5.74) is 1.29. The molecule has 2 N–H and O–H groups in total. The first-order valence-corrected chi connectivity index (χ1v) is 9.85. The van der Waals surface area contributed by atoms with E-state index in [-0.39, 0.29) is 5.02 Å². The normalized spacial score (nSPS) is 33.1. The van der Waals surface area contributed by atoms with Gasteiger partial charge in [0.25, 0.3) is 0 Å². The Hall–Kier alpha value is -1.32. The maximum absolute atomic E-state index is 13.3. The van der Waals surface area contributed by atoms with Gasteiger partial charge in [0, 0.05) is 24.8 Å². The van der Waals surface area contributed by atoms with Crippen LogP contribution >= 0.6 is 11.6 Å². The van der Waals surface area contributed by atoms with Crippen molar-refractivity contribution in [1.29, 1.82) is 0 Å². The molecule has 6 rings (SSSR count). The van der Waals surface area contributed by atoms with E-state index in [0.29, 0.717) is 5.54 Å². The second-order valence-corrected chi connectivity index (χ2v) is 8.99. The number of furan rings is 1. The molecule has 1 heterocycles. The van der Waals surface area contributed by atoms with Crippen LogP contribution in [0.4, 0.5) is 4.39 Å². The molecule has 4 saturated carbocycles. The molecular weight excluding hydrogens is 337 g/mol. The van der Waals surface area contributed by atoms with Gasteiger partial charge in [-0.25, -0.2) is 4.39 Å². The Balaban J connectivity index is 1.29. The number of rotatable bonds is 4. The van der Waals surface area contributed by atoms with Crippen LogP contribution in [-0.4, -0.2) is 5.54 Å². The molecule has 1 aromatic heterocycles. The number of halogens is 2. The van der Waals surface area contributed by atoms with Crippen LogP contribution in [0.1, 0.15) is 44.3 Å². The fraction of sp³-hybridized carbons (Fsp3) is 0.524. The molecule has 0 unspecified atom stereocenters. The van der Waals surface area contributed by atoms with Crippen molar-refractivity contribution in [3.8, 4) is 11.3 Å². The summed E-state index contributed by atoms with van der Waals surface area (Å²) in [4.78, 5) is 0. The first-order valence-electron chi connectivity index (χ1n) is 9.47. The SMILES string of the molecule is Fc1ccc(-c2ccc(C[NH2+]C34CC5CC(CC(C5)C3)C4)o2)cc1Cl. The molecule has 2 aromatic rings. The fourth-order valence-corrected chi connectivity index (χ4v) is 6.22. The summed E-state index contributed by atoms with van der Waals surface area (Å²) in [5.74, 6) is 4.26. The maximum atomic E-state index is 13.3. The lowest BCUT2D eigenvalue weighted by molar-refractivity contribution is -0.754. The molecule has 1 aromatic carbocycles. The van der Waals surface area contributed by atoms with Gasteiger partial charge in [0.15, 0.2) is 5.76 Å². The van der Waals surface area contributed by atoms with Crippen LogP contribution in [0.5, 0.6) is 0 Å². The lowest BCUT2D eigenvalue weighted by atomic mass is 9.53. The number of hydrogen-bond donors (Lipinski definition) is 1. The van der Waals surface area contributed by atoms with Gasteiger partial charge in [0.05, 0.1) is 10.6 Å². The largest absolute Gasteiger partial charge is 0.455 e. The number of hydrogen-bond acceptors (Lipinski definition) is 1. The van der Waals surface area contributed by atoms with Crippen LogP contribution in [0, 0.1) is 23.6 Å². The average molecular weight is 361 g/mol. The molecule has 4 heteroatoms. The molecule has 4 fully saturated rings. The molecule has 2 nitrogen and oxygen atoms in total. The lowest BCUT2D eigenvalue weighted by Crippen LogP contribution is -2.97. The van der Waals surface area contributed by atoms with Gasteiger partial charge in [-0.2, -0.15) is 0 Å². The quantitative estimate of drug-likeness (QED) is 0.836. The van der Waals surface area contributed by atoms with E-state index < -0.39 is 5.82 Å². The van der Waals surface area contributed by atoms with Crippen LogP contribution in [0.2, 0.25) is 5.02 Å². The van der Waals surface area contributed by atoms with Gasteiger partial charge in [-0.05, 0) is 67.3 Å². The highest BCUT2D eigenvalue weighted by Crippen LogP contribution is 2.54. The fourth-order valence-electron chi connectivity index (χ4n) is 6.04. The zero-order valence-corrected chi connectivity index (χ0v) is 15.1. The van der Waals surface area contributed by atoms with Crippen LogP contribution in [0.15, 0.2) is 34.7 Å². The van der Waals surface area contributed by atoms with E-state index in [4.69, 9.17) is 16.0 Å². The summed E-state index contributed by atoms with van der Waals surface area (Å²) in [6.45, 7) is 0.890. The maximum Gasteiger partial charge on any atom is 0.158 e. The molecule has 0 aliphatic heterocycles. The Morgan fingerprint density at radius 1 is 1.04 bits per heavy atom. The van der Waals surface area contributed by atoms with E-state index in [9.17, 15) is 4.39 Å². The van der Waals surface area contributed by atoms with Crippen molar-refractivity contribution in [2.45, 2.75) is 50.6 Å². The topological polar surface area (TPSA) is 29.8 Å². The predicted molar refractivity (Wildman–Crippen MR) is 95.6 cm³/mol. The standard InChI is InChI=1S/C21H23ClFNO/c22-18-8-16(1-3-19(18)23)20-4-2-17(25-20)12-24-21-9-13-5-14(10-21)7-15(6-13)11-21/h1-4,8,13-15,24H,5-7,9-12H2/p+1.